The highest BCUT2D eigenvalue weighted by molar-refractivity contribution is 5.98. The van der Waals surface area contributed by atoms with Gasteiger partial charge in [-0.3, -0.25) is 4.79 Å². The number of hydrogen-bond acceptors (Lipinski definition) is 8. The van der Waals surface area contributed by atoms with E-state index in [9.17, 15) is 14.4 Å². The zero-order valence-electron chi connectivity index (χ0n) is 21.0. The van der Waals surface area contributed by atoms with Crippen LogP contribution in [0.2, 0.25) is 0 Å². The molecule has 36 heavy (non-hydrogen) atoms. The third kappa shape index (κ3) is 6.04. The van der Waals surface area contributed by atoms with Crippen LogP contribution in [-0.4, -0.2) is 45.3 Å². The van der Waals surface area contributed by atoms with Gasteiger partial charge in [-0.15, -0.1) is 0 Å². The summed E-state index contributed by atoms with van der Waals surface area (Å²) in [7, 11) is 2.87. The second kappa shape index (κ2) is 11.9. The first-order valence-electron chi connectivity index (χ1n) is 11.3. The Morgan fingerprint density at radius 3 is 2.14 bits per heavy atom. The number of ether oxygens (including phenoxy) is 4. The highest BCUT2D eigenvalue weighted by Crippen LogP contribution is 2.39. The van der Waals surface area contributed by atoms with Crippen LogP contribution in [-0.2, 0) is 23.9 Å². The van der Waals surface area contributed by atoms with Gasteiger partial charge in [-0.2, -0.15) is 0 Å². The molecule has 1 aliphatic heterocycles. The Morgan fingerprint density at radius 1 is 0.889 bits per heavy atom. The van der Waals surface area contributed by atoms with E-state index < -0.39 is 11.9 Å². The van der Waals surface area contributed by atoms with Crippen molar-refractivity contribution in [3.8, 4) is 11.5 Å². The van der Waals surface area contributed by atoms with Crippen LogP contribution in [0.1, 0.15) is 27.2 Å². The molecule has 1 aliphatic rings. The maximum absolute atomic E-state index is 13.1. The van der Waals surface area contributed by atoms with Gasteiger partial charge in [0, 0.05) is 30.4 Å². The molecule has 190 valence electrons. The molecule has 0 aliphatic carbocycles. The van der Waals surface area contributed by atoms with Gasteiger partial charge in [0.05, 0.1) is 31.1 Å². The van der Waals surface area contributed by atoms with Gasteiger partial charge in [0.1, 0.15) is 24.7 Å². The molecule has 1 heterocycles. The lowest BCUT2D eigenvalue weighted by Gasteiger charge is -2.34. The summed E-state index contributed by atoms with van der Waals surface area (Å²) in [6, 6.07) is 14.2. The fourth-order valence-electron chi connectivity index (χ4n) is 3.91. The van der Waals surface area contributed by atoms with E-state index in [4.69, 9.17) is 18.9 Å². The number of amides is 1. The lowest BCUT2D eigenvalue weighted by molar-refractivity contribution is -0.140. The van der Waals surface area contributed by atoms with Gasteiger partial charge in [-0.05, 0) is 50.2 Å². The standard InChI is InChI=1S/C27H30N2O7/c1-17-22(26(31)34-5)16-23(18(2)29(17)24-8-6-7-9-25(24)33-4)27(32)36-15-14-35-21-12-10-20(11-13-21)28-19(3)30/h6-13H,14-16H2,1-5H3,(H,28,30). The Kier molecular flexibility index (Phi) is 8.72. The van der Waals surface area contributed by atoms with Crippen LogP contribution in [0.15, 0.2) is 71.1 Å². The van der Waals surface area contributed by atoms with Gasteiger partial charge < -0.3 is 29.2 Å². The lowest BCUT2D eigenvalue weighted by atomic mass is 9.95. The number of benzene rings is 2. The Labute approximate surface area is 210 Å². The van der Waals surface area contributed by atoms with Crippen molar-refractivity contribution < 1.29 is 33.3 Å². The largest absolute Gasteiger partial charge is 0.495 e. The number of nitrogens with one attached hydrogen (secondary N) is 1. The number of anilines is 2. The number of methoxy groups -OCH3 is 2. The Balaban J connectivity index is 1.73. The van der Waals surface area contributed by atoms with Crippen molar-refractivity contribution in [3.05, 3.63) is 71.1 Å². The van der Waals surface area contributed by atoms with Crippen molar-refractivity contribution in [2.24, 2.45) is 0 Å². The van der Waals surface area contributed by atoms with Crippen LogP contribution in [0.5, 0.6) is 11.5 Å². The van der Waals surface area contributed by atoms with E-state index in [1.165, 1.54) is 14.0 Å². The third-order valence-corrected chi connectivity index (χ3v) is 5.66. The summed E-state index contributed by atoms with van der Waals surface area (Å²) in [6.07, 6.45) is 0.0836. The number of nitrogens with zero attached hydrogens (tertiary/aromatic N) is 1. The Hall–Kier alpha value is -4.27. The van der Waals surface area contributed by atoms with E-state index in [0.29, 0.717) is 45.4 Å². The summed E-state index contributed by atoms with van der Waals surface area (Å²) in [5.41, 5.74) is 3.32. The SMILES string of the molecule is COC(=O)C1=C(C)N(c2ccccc2OC)C(C)=C(C(=O)OCCOc2ccc(NC(C)=O)cc2)C1. The molecule has 0 unspecified atom stereocenters. The molecule has 0 saturated heterocycles. The van der Waals surface area contributed by atoms with Crippen molar-refractivity contribution >= 4 is 29.2 Å². The van der Waals surface area contributed by atoms with Crippen molar-refractivity contribution in [2.75, 3.05) is 37.7 Å². The maximum Gasteiger partial charge on any atom is 0.336 e. The topological polar surface area (TPSA) is 103 Å². The predicted octanol–water partition coefficient (Wildman–Crippen LogP) is 4.21. The van der Waals surface area contributed by atoms with Crippen molar-refractivity contribution in [1.29, 1.82) is 0 Å². The lowest BCUT2D eigenvalue weighted by Crippen LogP contribution is -2.31. The van der Waals surface area contributed by atoms with Crippen molar-refractivity contribution in [2.45, 2.75) is 27.2 Å². The number of para-hydroxylation sites is 2. The molecule has 9 nitrogen and oxygen atoms in total. The molecule has 0 radical (unpaired) electrons. The van der Waals surface area contributed by atoms with Crippen LogP contribution < -0.4 is 19.7 Å². The summed E-state index contributed by atoms with van der Waals surface area (Å²) in [6.45, 7) is 5.17. The molecule has 2 aromatic rings. The summed E-state index contributed by atoms with van der Waals surface area (Å²) in [5.74, 6) is -0.0650. The van der Waals surface area contributed by atoms with Gasteiger partial charge in [0.2, 0.25) is 5.91 Å². The van der Waals surface area contributed by atoms with Crippen LogP contribution in [0.25, 0.3) is 0 Å². The molecule has 9 heteroatoms. The molecule has 1 amide bonds. The van der Waals surface area contributed by atoms with Gasteiger partial charge in [-0.1, -0.05) is 12.1 Å². The average Bonchev–Trinajstić information content (AvgIpc) is 2.87. The molecule has 0 fully saturated rings. The predicted molar refractivity (Wildman–Crippen MR) is 135 cm³/mol. The summed E-state index contributed by atoms with van der Waals surface area (Å²) in [5, 5.41) is 2.68. The smallest absolute Gasteiger partial charge is 0.336 e. The third-order valence-electron chi connectivity index (χ3n) is 5.66. The quantitative estimate of drug-likeness (QED) is 0.409. The molecule has 0 saturated carbocycles. The van der Waals surface area contributed by atoms with E-state index in [2.05, 4.69) is 5.32 Å². The van der Waals surface area contributed by atoms with E-state index in [1.54, 1.807) is 56.2 Å². The molecule has 0 bridgehead atoms. The van der Waals surface area contributed by atoms with E-state index in [-0.39, 0.29) is 25.5 Å². The minimum Gasteiger partial charge on any atom is -0.495 e. The fourth-order valence-corrected chi connectivity index (χ4v) is 3.91. The number of rotatable bonds is 9. The number of hydrogen-bond donors (Lipinski definition) is 1. The molecular weight excluding hydrogens is 464 g/mol. The van der Waals surface area contributed by atoms with E-state index in [0.717, 1.165) is 0 Å². The molecule has 3 rings (SSSR count). The zero-order valence-corrected chi connectivity index (χ0v) is 21.0. The van der Waals surface area contributed by atoms with Gasteiger partial charge >= 0.3 is 11.9 Å². The minimum atomic E-state index is -0.550. The zero-order chi connectivity index (χ0) is 26.2. The minimum absolute atomic E-state index is 0.00791. The first kappa shape index (κ1) is 26.3. The van der Waals surface area contributed by atoms with Crippen molar-refractivity contribution in [3.63, 3.8) is 0 Å². The molecule has 1 N–H and O–H groups in total. The number of carbonyl (C=O) groups is 3. The second-order valence-corrected chi connectivity index (χ2v) is 7.99. The first-order chi connectivity index (χ1) is 17.3. The first-order valence-corrected chi connectivity index (χ1v) is 11.3. The maximum atomic E-state index is 13.1. The average molecular weight is 495 g/mol. The highest BCUT2D eigenvalue weighted by atomic mass is 16.6. The normalized spacial score (nSPS) is 13.3. The van der Waals surface area contributed by atoms with Crippen LogP contribution in [0.4, 0.5) is 11.4 Å². The van der Waals surface area contributed by atoms with Crippen LogP contribution in [0.3, 0.4) is 0 Å². The summed E-state index contributed by atoms with van der Waals surface area (Å²) in [4.78, 5) is 38.5. The van der Waals surface area contributed by atoms with E-state index >= 15 is 0 Å². The van der Waals surface area contributed by atoms with Gasteiger partial charge in [0.25, 0.3) is 0 Å². The monoisotopic (exact) mass is 494 g/mol. The van der Waals surface area contributed by atoms with Crippen molar-refractivity contribution in [1.82, 2.24) is 0 Å². The Morgan fingerprint density at radius 2 is 1.53 bits per heavy atom. The summed E-state index contributed by atoms with van der Waals surface area (Å²) < 4.78 is 21.6. The molecule has 0 aromatic heterocycles. The van der Waals surface area contributed by atoms with Gasteiger partial charge in [0.15, 0.2) is 0 Å². The molecule has 2 aromatic carbocycles. The van der Waals surface area contributed by atoms with Crippen LogP contribution in [0, 0.1) is 0 Å². The highest BCUT2D eigenvalue weighted by Gasteiger charge is 2.32. The molecule has 0 spiro atoms. The van der Waals surface area contributed by atoms with Crippen LogP contribution >= 0.6 is 0 Å². The molecule has 0 atom stereocenters. The number of carbonyl (C=O) groups excluding carboxylic acids is 3. The van der Waals surface area contributed by atoms with Gasteiger partial charge in [-0.25, -0.2) is 9.59 Å². The fraction of sp³-hybridized carbons (Fsp3) is 0.296. The Bertz CT molecular complexity index is 1200. The number of allylic oxidation sites excluding steroid dienone is 2. The number of esters is 2. The van der Waals surface area contributed by atoms with E-state index in [1.807, 2.05) is 18.2 Å². The summed E-state index contributed by atoms with van der Waals surface area (Å²) >= 11 is 0. The molecular formula is C27H30N2O7. The second-order valence-electron chi connectivity index (χ2n) is 7.99.